The van der Waals surface area contributed by atoms with E-state index in [9.17, 15) is 9.59 Å². The summed E-state index contributed by atoms with van der Waals surface area (Å²) < 4.78 is 9.44. The summed E-state index contributed by atoms with van der Waals surface area (Å²) in [4.78, 5) is 21.1. The van der Waals surface area contributed by atoms with Crippen molar-refractivity contribution in [1.82, 2.24) is 0 Å². The SMILES string of the molecule is CC(=O)OC1=CC(=O)COC1. The van der Waals surface area contributed by atoms with Crippen LogP contribution in [0.15, 0.2) is 11.8 Å². The summed E-state index contributed by atoms with van der Waals surface area (Å²) >= 11 is 0. The van der Waals surface area contributed by atoms with Gasteiger partial charge in [0.1, 0.15) is 19.0 Å². The van der Waals surface area contributed by atoms with Crippen molar-refractivity contribution in [3.8, 4) is 0 Å². The highest BCUT2D eigenvalue weighted by atomic mass is 16.6. The third-order valence-electron chi connectivity index (χ3n) is 1.09. The van der Waals surface area contributed by atoms with Gasteiger partial charge in [0.15, 0.2) is 5.78 Å². The van der Waals surface area contributed by atoms with Gasteiger partial charge in [-0.25, -0.2) is 0 Å². The highest BCUT2D eigenvalue weighted by Crippen LogP contribution is 2.04. The van der Waals surface area contributed by atoms with Crippen molar-refractivity contribution in [1.29, 1.82) is 0 Å². The number of rotatable bonds is 1. The van der Waals surface area contributed by atoms with Crippen molar-refractivity contribution in [3.05, 3.63) is 11.8 Å². The van der Waals surface area contributed by atoms with Gasteiger partial charge in [-0.1, -0.05) is 0 Å². The lowest BCUT2D eigenvalue weighted by atomic mass is 10.3. The Morgan fingerprint density at radius 3 is 2.91 bits per heavy atom. The molecule has 0 saturated carbocycles. The number of esters is 1. The molecule has 0 radical (unpaired) electrons. The molecule has 4 heteroatoms. The first-order valence-electron chi connectivity index (χ1n) is 3.18. The number of hydrogen-bond acceptors (Lipinski definition) is 4. The van der Waals surface area contributed by atoms with Crippen molar-refractivity contribution in [2.75, 3.05) is 13.2 Å². The average Bonchev–Trinajstić information content (AvgIpc) is 1.85. The molecular formula is C7H8O4. The van der Waals surface area contributed by atoms with Crippen LogP contribution in [0, 0.1) is 0 Å². The van der Waals surface area contributed by atoms with Gasteiger partial charge in [0.2, 0.25) is 0 Å². The van der Waals surface area contributed by atoms with E-state index in [-0.39, 0.29) is 24.8 Å². The molecule has 0 unspecified atom stereocenters. The first kappa shape index (κ1) is 7.94. The Hall–Kier alpha value is -1.16. The van der Waals surface area contributed by atoms with Crippen LogP contribution in [-0.4, -0.2) is 25.0 Å². The fourth-order valence-electron chi connectivity index (χ4n) is 0.759. The van der Waals surface area contributed by atoms with E-state index in [0.717, 1.165) is 0 Å². The number of ether oxygens (including phenoxy) is 2. The third kappa shape index (κ3) is 2.51. The van der Waals surface area contributed by atoms with Gasteiger partial charge in [0, 0.05) is 13.0 Å². The van der Waals surface area contributed by atoms with Crippen LogP contribution in [-0.2, 0) is 19.1 Å². The van der Waals surface area contributed by atoms with Crippen LogP contribution in [0.4, 0.5) is 0 Å². The molecule has 1 heterocycles. The van der Waals surface area contributed by atoms with E-state index in [1.165, 1.54) is 13.0 Å². The zero-order valence-corrected chi connectivity index (χ0v) is 6.12. The van der Waals surface area contributed by atoms with Gasteiger partial charge in [-0.3, -0.25) is 9.59 Å². The van der Waals surface area contributed by atoms with Gasteiger partial charge >= 0.3 is 5.97 Å². The minimum absolute atomic E-state index is 0.0742. The second kappa shape index (κ2) is 3.30. The van der Waals surface area contributed by atoms with Crippen molar-refractivity contribution in [3.63, 3.8) is 0 Å². The summed E-state index contributed by atoms with van der Waals surface area (Å²) in [7, 11) is 0. The predicted molar refractivity (Wildman–Crippen MR) is 35.7 cm³/mol. The second-order valence-corrected chi connectivity index (χ2v) is 2.16. The fourth-order valence-corrected chi connectivity index (χ4v) is 0.759. The van der Waals surface area contributed by atoms with Crippen molar-refractivity contribution < 1.29 is 19.1 Å². The van der Waals surface area contributed by atoms with Crippen LogP contribution in [0.25, 0.3) is 0 Å². The van der Waals surface area contributed by atoms with E-state index in [4.69, 9.17) is 4.74 Å². The Kier molecular flexibility index (Phi) is 2.38. The molecule has 1 aliphatic heterocycles. The van der Waals surface area contributed by atoms with Crippen LogP contribution in [0.2, 0.25) is 0 Å². The maximum Gasteiger partial charge on any atom is 0.307 e. The molecule has 0 atom stereocenters. The Balaban J connectivity index is 2.56. The maximum atomic E-state index is 10.7. The van der Waals surface area contributed by atoms with E-state index in [0.29, 0.717) is 0 Å². The van der Waals surface area contributed by atoms with Crippen molar-refractivity contribution in [2.45, 2.75) is 6.92 Å². The minimum atomic E-state index is -0.436. The summed E-state index contributed by atoms with van der Waals surface area (Å²) in [6.07, 6.45) is 1.28. The van der Waals surface area contributed by atoms with Crippen LogP contribution in [0.5, 0.6) is 0 Å². The molecule has 11 heavy (non-hydrogen) atoms. The maximum absolute atomic E-state index is 10.7. The molecule has 0 aromatic rings. The first-order valence-corrected chi connectivity index (χ1v) is 3.18. The third-order valence-corrected chi connectivity index (χ3v) is 1.09. The minimum Gasteiger partial charge on any atom is -0.429 e. The molecule has 0 amide bonds. The summed E-state index contributed by atoms with van der Waals surface area (Å²) in [6, 6.07) is 0. The lowest BCUT2D eigenvalue weighted by Crippen LogP contribution is -2.18. The quantitative estimate of drug-likeness (QED) is 0.503. The van der Waals surface area contributed by atoms with Crippen LogP contribution >= 0.6 is 0 Å². The Bertz CT molecular complexity index is 216. The van der Waals surface area contributed by atoms with Gasteiger partial charge < -0.3 is 9.47 Å². The summed E-state index contributed by atoms with van der Waals surface area (Å²) in [5.41, 5.74) is 0. The predicted octanol–water partition coefficient (Wildman–Crippen LogP) is 0.0327. The van der Waals surface area contributed by atoms with Gasteiger partial charge in [0.05, 0.1) is 0 Å². The lowest BCUT2D eigenvalue weighted by Gasteiger charge is -2.11. The second-order valence-electron chi connectivity index (χ2n) is 2.16. The first-order chi connectivity index (χ1) is 5.18. The molecule has 0 spiro atoms. The van der Waals surface area contributed by atoms with Crippen molar-refractivity contribution in [2.24, 2.45) is 0 Å². The van der Waals surface area contributed by atoms with Crippen molar-refractivity contribution >= 4 is 11.8 Å². The number of ketones is 1. The standard InChI is InChI=1S/C7H8O4/c1-5(8)11-7-2-6(9)3-10-4-7/h2H,3-4H2,1H3. The molecule has 0 aromatic heterocycles. The number of carbonyl (C=O) groups excluding carboxylic acids is 2. The molecule has 1 aliphatic rings. The molecular weight excluding hydrogens is 148 g/mol. The monoisotopic (exact) mass is 156 g/mol. The molecule has 0 bridgehead atoms. The lowest BCUT2D eigenvalue weighted by molar-refractivity contribution is -0.138. The van der Waals surface area contributed by atoms with E-state index >= 15 is 0 Å². The van der Waals surface area contributed by atoms with E-state index in [2.05, 4.69) is 4.74 Å². The molecule has 4 nitrogen and oxygen atoms in total. The smallest absolute Gasteiger partial charge is 0.307 e. The molecule has 0 saturated heterocycles. The Morgan fingerprint density at radius 1 is 1.64 bits per heavy atom. The molecule has 0 N–H and O–H groups in total. The van der Waals surface area contributed by atoms with Gasteiger partial charge in [-0.15, -0.1) is 0 Å². The highest BCUT2D eigenvalue weighted by molar-refractivity contribution is 5.92. The summed E-state index contributed by atoms with van der Waals surface area (Å²) in [5.74, 6) is -0.323. The van der Waals surface area contributed by atoms with E-state index < -0.39 is 5.97 Å². The summed E-state index contributed by atoms with van der Waals surface area (Å²) in [6.45, 7) is 1.55. The fraction of sp³-hybridized carbons (Fsp3) is 0.429. The zero-order valence-electron chi connectivity index (χ0n) is 6.12. The number of hydrogen-bond donors (Lipinski definition) is 0. The molecule has 0 aliphatic carbocycles. The topological polar surface area (TPSA) is 52.6 Å². The van der Waals surface area contributed by atoms with E-state index in [1.54, 1.807) is 0 Å². The molecule has 0 aromatic carbocycles. The van der Waals surface area contributed by atoms with Crippen LogP contribution in [0.1, 0.15) is 6.92 Å². The normalized spacial score (nSPS) is 17.5. The Labute approximate surface area is 63.8 Å². The largest absolute Gasteiger partial charge is 0.429 e. The van der Waals surface area contributed by atoms with E-state index in [1.807, 2.05) is 0 Å². The average molecular weight is 156 g/mol. The molecule has 0 fully saturated rings. The van der Waals surface area contributed by atoms with Gasteiger partial charge in [-0.05, 0) is 0 Å². The Morgan fingerprint density at radius 2 is 2.36 bits per heavy atom. The summed E-state index contributed by atoms with van der Waals surface area (Å²) in [5, 5.41) is 0. The zero-order chi connectivity index (χ0) is 8.27. The van der Waals surface area contributed by atoms with Crippen LogP contribution < -0.4 is 0 Å². The highest BCUT2D eigenvalue weighted by Gasteiger charge is 2.12. The molecule has 1 rings (SSSR count). The molecule has 60 valence electrons. The number of carbonyl (C=O) groups is 2. The van der Waals surface area contributed by atoms with Gasteiger partial charge in [0.25, 0.3) is 0 Å². The van der Waals surface area contributed by atoms with Crippen LogP contribution in [0.3, 0.4) is 0 Å². The van der Waals surface area contributed by atoms with Gasteiger partial charge in [-0.2, -0.15) is 0 Å².